The summed E-state index contributed by atoms with van der Waals surface area (Å²) in [7, 11) is -1.73. The fourth-order valence-electron chi connectivity index (χ4n) is 3.91. The molecule has 9 heteroatoms. The van der Waals surface area contributed by atoms with Crippen LogP contribution in [0.25, 0.3) is 11.3 Å². The van der Waals surface area contributed by atoms with E-state index in [1.54, 1.807) is 24.4 Å². The van der Waals surface area contributed by atoms with E-state index in [0.29, 0.717) is 40.8 Å². The van der Waals surface area contributed by atoms with Crippen LogP contribution in [0.2, 0.25) is 0 Å². The second-order valence-electron chi connectivity index (χ2n) is 8.81. The molecule has 1 amide bonds. The smallest absolute Gasteiger partial charge is 0.251 e. The number of nitrogens with one attached hydrogen (secondary N) is 2. The lowest BCUT2D eigenvalue weighted by Crippen LogP contribution is -2.43. The van der Waals surface area contributed by atoms with E-state index in [4.69, 9.17) is 4.74 Å². The Hall–Kier alpha value is -3.46. The fourth-order valence-corrected chi connectivity index (χ4v) is 4.70. The average molecular weight is 467 g/mol. The van der Waals surface area contributed by atoms with Crippen molar-refractivity contribution in [1.82, 2.24) is 15.3 Å². The number of methoxy groups -OCH3 is 1. The highest BCUT2D eigenvalue weighted by atomic mass is 32.2. The number of hydrogen-bond acceptors (Lipinski definition) is 7. The minimum atomic E-state index is -3.23. The molecule has 1 aromatic heterocycles. The second kappa shape index (κ2) is 8.47. The van der Waals surface area contributed by atoms with E-state index in [1.807, 2.05) is 24.3 Å². The molecule has 0 saturated heterocycles. The number of carbonyl (C=O) groups excluding carboxylic acids is 1. The number of benzene rings is 2. The molecule has 3 aromatic rings. The van der Waals surface area contributed by atoms with Gasteiger partial charge in [-0.15, -0.1) is 0 Å². The standard InChI is InChI=1S/C24H26N4O4S/c1-24(2)14-26-22(29)18-7-5-15(12-19(18)24)20-9-10-25-23(28-20)27-17-6-8-21(32-3)16(11-17)13-33(4,30)31/h5-12H,13-14H2,1-4H3,(H,26,29)(H,25,27,28). The van der Waals surface area contributed by atoms with E-state index in [9.17, 15) is 13.2 Å². The van der Waals surface area contributed by atoms with Crippen molar-refractivity contribution in [3.05, 3.63) is 65.4 Å². The van der Waals surface area contributed by atoms with Gasteiger partial charge in [0, 0.05) is 46.8 Å². The maximum atomic E-state index is 12.2. The molecule has 4 rings (SSSR count). The zero-order chi connectivity index (χ0) is 23.8. The van der Waals surface area contributed by atoms with Gasteiger partial charge in [-0.25, -0.2) is 18.4 Å². The van der Waals surface area contributed by atoms with Crippen molar-refractivity contribution < 1.29 is 17.9 Å². The monoisotopic (exact) mass is 466 g/mol. The Morgan fingerprint density at radius 3 is 2.67 bits per heavy atom. The normalized spacial score (nSPS) is 14.8. The van der Waals surface area contributed by atoms with E-state index in [0.717, 1.165) is 11.1 Å². The number of rotatable bonds is 6. The van der Waals surface area contributed by atoms with Gasteiger partial charge in [0.1, 0.15) is 5.75 Å². The van der Waals surface area contributed by atoms with Crippen LogP contribution in [0, 0.1) is 0 Å². The summed E-state index contributed by atoms with van der Waals surface area (Å²) in [5.74, 6) is 0.676. The maximum absolute atomic E-state index is 12.2. The maximum Gasteiger partial charge on any atom is 0.251 e. The van der Waals surface area contributed by atoms with Crippen molar-refractivity contribution in [2.24, 2.45) is 0 Å². The fraction of sp³-hybridized carbons (Fsp3) is 0.292. The third-order valence-corrected chi connectivity index (χ3v) is 6.43. The highest BCUT2D eigenvalue weighted by Crippen LogP contribution is 2.33. The number of sulfone groups is 1. The Bertz CT molecular complexity index is 1340. The Balaban J connectivity index is 1.65. The first-order chi connectivity index (χ1) is 15.6. The van der Waals surface area contributed by atoms with Crippen LogP contribution in [0.1, 0.15) is 35.3 Å². The molecular weight excluding hydrogens is 440 g/mol. The summed E-state index contributed by atoms with van der Waals surface area (Å²) in [6.45, 7) is 4.77. The van der Waals surface area contributed by atoms with Crippen molar-refractivity contribution >= 4 is 27.4 Å². The summed E-state index contributed by atoms with van der Waals surface area (Å²) >= 11 is 0. The zero-order valence-corrected chi connectivity index (χ0v) is 19.8. The van der Waals surface area contributed by atoms with Gasteiger partial charge in [0.2, 0.25) is 5.95 Å². The van der Waals surface area contributed by atoms with Crippen molar-refractivity contribution in [3.63, 3.8) is 0 Å². The number of hydrogen-bond donors (Lipinski definition) is 2. The van der Waals surface area contributed by atoms with Gasteiger partial charge in [-0.3, -0.25) is 4.79 Å². The van der Waals surface area contributed by atoms with Crippen LogP contribution in [0.3, 0.4) is 0 Å². The van der Waals surface area contributed by atoms with Gasteiger partial charge in [0.25, 0.3) is 5.91 Å². The summed E-state index contributed by atoms with van der Waals surface area (Å²) in [5, 5.41) is 6.07. The number of amides is 1. The van der Waals surface area contributed by atoms with Crippen molar-refractivity contribution in [3.8, 4) is 17.0 Å². The first-order valence-electron chi connectivity index (χ1n) is 10.4. The number of ether oxygens (including phenoxy) is 1. The topological polar surface area (TPSA) is 110 Å². The molecule has 2 heterocycles. The molecule has 2 N–H and O–H groups in total. The summed E-state index contributed by atoms with van der Waals surface area (Å²) < 4.78 is 28.9. The molecule has 1 aliphatic heterocycles. The molecule has 33 heavy (non-hydrogen) atoms. The van der Waals surface area contributed by atoms with Crippen molar-refractivity contribution in [1.29, 1.82) is 0 Å². The SMILES string of the molecule is COc1ccc(Nc2nccc(-c3ccc4c(c3)C(C)(C)CNC4=O)n2)cc1CS(C)(=O)=O. The minimum absolute atomic E-state index is 0.0645. The molecular formula is C24H26N4O4S. The molecule has 0 atom stereocenters. The number of anilines is 2. The number of nitrogens with zero attached hydrogens (tertiary/aromatic N) is 2. The van der Waals surface area contributed by atoms with Crippen LogP contribution < -0.4 is 15.4 Å². The lowest BCUT2D eigenvalue weighted by molar-refractivity contribution is 0.0930. The Labute approximate surface area is 193 Å². The zero-order valence-electron chi connectivity index (χ0n) is 19.0. The molecule has 172 valence electrons. The van der Waals surface area contributed by atoms with Crippen LogP contribution in [0.4, 0.5) is 11.6 Å². The Morgan fingerprint density at radius 1 is 1.15 bits per heavy atom. The molecule has 0 bridgehead atoms. The van der Waals surface area contributed by atoms with E-state index in [2.05, 4.69) is 34.4 Å². The molecule has 8 nitrogen and oxygen atoms in total. The summed E-state index contributed by atoms with van der Waals surface area (Å²) in [4.78, 5) is 21.2. The van der Waals surface area contributed by atoms with Crippen LogP contribution in [-0.4, -0.2) is 44.2 Å². The molecule has 0 aliphatic carbocycles. The molecule has 0 unspecified atom stereocenters. The summed E-state index contributed by atoms with van der Waals surface area (Å²) in [6.07, 6.45) is 2.84. The van der Waals surface area contributed by atoms with Crippen molar-refractivity contribution in [2.75, 3.05) is 25.2 Å². The van der Waals surface area contributed by atoms with Gasteiger partial charge in [-0.05, 0) is 42.0 Å². The highest BCUT2D eigenvalue weighted by molar-refractivity contribution is 7.89. The van der Waals surface area contributed by atoms with E-state index in [-0.39, 0.29) is 17.1 Å². The van der Waals surface area contributed by atoms with Gasteiger partial charge < -0.3 is 15.4 Å². The molecule has 0 fully saturated rings. The lowest BCUT2D eigenvalue weighted by atomic mass is 9.78. The molecule has 0 saturated carbocycles. The van der Waals surface area contributed by atoms with Crippen LogP contribution in [0.15, 0.2) is 48.7 Å². The average Bonchev–Trinajstić information content (AvgIpc) is 2.76. The third kappa shape index (κ3) is 4.98. The van der Waals surface area contributed by atoms with Gasteiger partial charge >= 0.3 is 0 Å². The quantitative estimate of drug-likeness (QED) is 0.572. The van der Waals surface area contributed by atoms with Gasteiger partial charge in [0.15, 0.2) is 9.84 Å². The third-order valence-electron chi connectivity index (χ3n) is 5.59. The number of carbonyl (C=O) groups is 1. The first-order valence-corrected chi connectivity index (χ1v) is 12.5. The van der Waals surface area contributed by atoms with Crippen LogP contribution >= 0.6 is 0 Å². The van der Waals surface area contributed by atoms with Gasteiger partial charge in [-0.1, -0.05) is 19.9 Å². The summed E-state index contributed by atoms with van der Waals surface area (Å²) in [5.41, 5.74) is 4.27. The molecule has 2 aromatic carbocycles. The lowest BCUT2D eigenvalue weighted by Gasteiger charge is -2.32. The van der Waals surface area contributed by atoms with Crippen LogP contribution in [-0.2, 0) is 21.0 Å². The number of fused-ring (bicyclic) bond motifs is 1. The molecule has 1 aliphatic rings. The van der Waals surface area contributed by atoms with E-state index < -0.39 is 9.84 Å². The first kappa shape index (κ1) is 22.7. The number of aromatic nitrogens is 2. The predicted molar refractivity (Wildman–Crippen MR) is 128 cm³/mol. The second-order valence-corrected chi connectivity index (χ2v) is 11.0. The highest BCUT2D eigenvalue weighted by Gasteiger charge is 2.31. The van der Waals surface area contributed by atoms with Crippen molar-refractivity contribution in [2.45, 2.75) is 25.0 Å². The Kier molecular flexibility index (Phi) is 5.84. The van der Waals surface area contributed by atoms with Gasteiger partial charge in [-0.2, -0.15) is 0 Å². The van der Waals surface area contributed by atoms with E-state index >= 15 is 0 Å². The van der Waals surface area contributed by atoms with E-state index in [1.165, 1.54) is 13.4 Å². The Morgan fingerprint density at radius 2 is 1.94 bits per heavy atom. The predicted octanol–water partition coefficient (Wildman–Crippen LogP) is 3.46. The summed E-state index contributed by atoms with van der Waals surface area (Å²) in [6, 6.07) is 12.7. The van der Waals surface area contributed by atoms with Crippen LogP contribution in [0.5, 0.6) is 5.75 Å². The molecule has 0 spiro atoms. The van der Waals surface area contributed by atoms with Gasteiger partial charge in [0.05, 0.1) is 18.6 Å². The largest absolute Gasteiger partial charge is 0.496 e. The molecule has 0 radical (unpaired) electrons. The minimum Gasteiger partial charge on any atom is -0.496 e.